The zero-order chi connectivity index (χ0) is 21.5. The third kappa shape index (κ3) is 5.61. The number of rotatable bonds is 8. The maximum absolute atomic E-state index is 12.4. The molecule has 0 unspecified atom stereocenters. The van der Waals surface area contributed by atoms with Gasteiger partial charge in [0.15, 0.2) is 11.0 Å². The van der Waals surface area contributed by atoms with Crippen molar-refractivity contribution in [3.63, 3.8) is 0 Å². The lowest BCUT2D eigenvalue weighted by atomic mass is 10.2. The van der Waals surface area contributed by atoms with E-state index >= 15 is 0 Å². The number of para-hydroxylation sites is 1. The minimum atomic E-state index is -0.266. The highest BCUT2D eigenvalue weighted by Crippen LogP contribution is 2.19. The Labute approximate surface area is 186 Å². The normalized spacial score (nSPS) is 10.5. The predicted octanol–water partition coefficient (Wildman–Crippen LogP) is 3.25. The molecule has 0 atom stereocenters. The number of anilines is 1. The molecule has 0 fully saturated rings. The lowest BCUT2D eigenvalue weighted by Crippen LogP contribution is -2.25. The number of carbonyl (C=O) groups excluding carboxylic acids is 2. The van der Waals surface area contributed by atoms with Gasteiger partial charge >= 0.3 is 0 Å². The van der Waals surface area contributed by atoms with Gasteiger partial charge in [0, 0.05) is 17.2 Å². The van der Waals surface area contributed by atoms with Gasteiger partial charge in [-0.2, -0.15) is 0 Å². The van der Waals surface area contributed by atoms with Crippen LogP contribution >= 0.6 is 27.7 Å². The van der Waals surface area contributed by atoms with E-state index in [1.54, 1.807) is 35.9 Å². The van der Waals surface area contributed by atoms with Crippen LogP contribution in [-0.4, -0.2) is 39.4 Å². The van der Waals surface area contributed by atoms with Crippen molar-refractivity contribution in [1.29, 1.82) is 0 Å². The van der Waals surface area contributed by atoms with Crippen molar-refractivity contribution in [2.24, 2.45) is 7.05 Å². The fraction of sp³-hybridized carbons (Fsp3) is 0.200. The zero-order valence-electron chi connectivity index (χ0n) is 16.4. The van der Waals surface area contributed by atoms with Crippen LogP contribution in [0.4, 0.5) is 5.69 Å². The lowest BCUT2D eigenvalue weighted by molar-refractivity contribution is -0.113. The molecule has 0 aliphatic heterocycles. The lowest BCUT2D eigenvalue weighted by Gasteiger charge is -2.09. The van der Waals surface area contributed by atoms with E-state index in [2.05, 4.69) is 36.8 Å². The van der Waals surface area contributed by atoms with Crippen LogP contribution in [0, 0.1) is 0 Å². The van der Waals surface area contributed by atoms with Crippen molar-refractivity contribution in [3.8, 4) is 5.75 Å². The van der Waals surface area contributed by atoms with E-state index in [0.29, 0.717) is 28.0 Å². The summed E-state index contributed by atoms with van der Waals surface area (Å²) in [5.74, 6) is 0.852. The molecule has 10 heteroatoms. The van der Waals surface area contributed by atoms with E-state index in [-0.39, 0.29) is 24.1 Å². The van der Waals surface area contributed by atoms with Crippen LogP contribution in [0.5, 0.6) is 5.75 Å². The number of nitrogens with zero attached hydrogens (tertiary/aromatic N) is 3. The second kappa shape index (κ2) is 10.3. The Morgan fingerprint density at radius 2 is 1.97 bits per heavy atom. The van der Waals surface area contributed by atoms with Crippen molar-refractivity contribution in [2.75, 3.05) is 18.2 Å². The molecule has 2 N–H and O–H groups in total. The maximum atomic E-state index is 12.4. The summed E-state index contributed by atoms with van der Waals surface area (Å²) in [6, 6.07) is 14.4. The third-order valence-electron chi connectivity index (χ3n) is 4.12. The van der Waals surface area contributed by atoms with E-state index in [1.807, 2.05) is 24.3 Å². The van der Waals surface area contributed by atoms with Crippen LogP contribution in [0.3, 0.4) is 0 Å². The number of benzene rings is 2. The predicted molar refractivity (Wildman–Crippen MR) is 119 cm³/mol. The van der Waals surface area contributed by atoms with E-state index in [0.717, 1.165) is 4.47 Å². The molecule has 0 radical (unpaired) electrons. The number of hydrogen-bond donors (Lipinski definition) is 2. The first-order chi connectivity index (χ1) is 14.5. The fourth-order valence-corrected chi connectivity index (χ4v) is 3.73. The molecule has 0 saturated heterocycles. The Hall–Kier alpha value is -2.85. The minimum Gasteiger partial charge on any atom is -0.496 e. The van der Waals surface area contributed by atoms with Gasteiger partial charge in [-0.15, -0.1) is 10.2 Å². The highest BCUT2D eigenvalue weighted by molar-refractivity contribution is 9.10. The third-order valence-corrected chi connectivity index (χ3v) is 5.64. The summed E-state index contributed by atoms with van der Waals surface area (Å²) in [4.78, 5) is 24.6. The molecule has 0 spiro atoms. The second-order valence-corrected chi connectivity index (χ2v) is 8.05. The molecule has 0 saturated carbocycles. The summed E-state index contributed by atoms with van der Waals surface area (Å²) in [5.41, 5.74) is 1.16. The molecule has 1 heterocycles. The van der Waals surface area contributed by atoms with Gasteiger partial charge in [0.2, 0.25) is 5.91 Å². The Balaban J connectivity index is 1.54. The Bertz CT molecular complexity index is 1060. The van der Waals surface area contributed by atoms with E-state index in [9.17, 15) is 9.59 Å². The molecule has 0 aliphatic rings. The second-order valence-electron chi connectivity index (χ2n) is 6.19. The molecule has 2 aromatic carbocycles. The van der Waals surface area contributed by atoms with Gasteiger partial charge in [0.1, 0.15) is 5.75 Å². The summed E-state index contributed by atoms with van der Waals surface area (Å²) < 4.78 is 7.85. The van der Waals surface area contributed by atoms with Crippen molar-refractivity contribution in [3.05, 3.63) is 64.4 Å². The van der Waals surface area contributed by atoms with Crippen LogP contribution < -0.4 is 15.4 Å². The van der Waals surface area contributed by atoms with Gasteiger partial charge in [0.25, 0.3) is 5.91 Å². The maximum Gasteiger partial charge on any atom is 0.255 e. The van der Waals surface area contributed by atoms with Crippen LogP contribution in [-0.2, 0) is 18.4 Å². The van der Waals surface area contributed by atoms with E-state index in [1.165, 1.54) is 18.9 Å². The highest BCUT2D eigenvalue weighted by atomic mass is 79.9. The molecule has 0 aliphatic carbocycles. The minimum absolute atomic E-state index is 0.146. The molecule has 0 bridgehead atoms. The van der Waals surface area contributed by atoms with Gasteiger partial charge < -0.3 is 19.9 Å². The topological polar surface area (TPSA) is 98.1 Å². The molecule has 2 amide bonds. The SMILES string of the molecule is COc1ccccc1C(=O)NCc1nnc(SCC(=O)Nc2cccc(Br)c2)n1C. The van der Waals surface area contributed by atoms with Crippen molar-refractivity contribution in [1.82, 2.24) is 20.1 Å². The number of aromatic nitrogens is 3. The van der Waals surface area contributed by atoms with Crippen molar-refractivity contribution in [2.45, 2.75) is 11.7 Å². The zero-order valence-corrected chi connectivity index (χ0v) is 18.8. The van der Waals surface area contributed by atoms with Gasteiger partial charge in [-0.1, -0.05) is 45.9 Å². The average molecular weight is 490 g/mol. The number of carbonyl (C=O) groups is 2. The van der Waals surface area contributed by atoms with Gasteiger partial charge in [0.05, 0.1) is 25.0 Å². The number of ether oxygens (including phenoxy) is 1. The summed E-state index contributed by atoms with van der Waals surface area (Å²) >= 11 is 4.64. The quantitative estimate of drug-likeness (QED) is 0.471. The Kier molecular flexibility index (Phi) is 7.47. The number of hydrogen-bond acceptors (Lipinski definition) is 6. The van der Waals surface area contributed by atoms with Crippen molar-refractivity contribution < 1.29 is 14.3 Å². The molecule has 1 aromatic heterocycles. The Morgan fingerprint density at radius 3 is 2.73 bits per heavy atom. The number of thioether (sulfide) groups is 1. The van der Waals surface area contributed by atoms with Crippen LogP contribution in [0.25, 0.3) is 0 Å². The smallest absolute Gasteiger partial charge is 0.255 e. The van der Waals surface area contributed by atoms with Crippen LogP contribution in [0.15, 0.2) is 58.2 Å². The molecule has 8 nitrogen and oxygen atoms in total. The summed E-state index contributed by atoms with van der Waals surface area (Å²) in [6.07, 6.45) is 0. The number of nitrogens with one attached hydrogen (secondary N) is 2. The standard InChI is InChI=1S/C20H20BrN5O3S/c1-26-17(11-22-19(28)15-8-3-4-9-16(15)29-2)24-25-20(26)30-12-18(27)23-14-7-5-6-13(21)10-14/h3-10H,11-12H2,1-2H3,(H,22,28)(H,23,27). The van der Waals surface area contributed by atoms with Gasteiger partial charge in [-0.05, 0) is 30.3 Å². The van der Waals surface area contributed by atoms with Crippen molar-refractivity contribution >= 4 is 45.2 Å². The number of amides is 2. The Morgan fingerprint density at radius 1 is 1.17 bits per heavy atom. The molecule has 3 rings (SSSR count). The van der Waals surface area contributed by atoms with Crippen LogP contribution in [0.2, 0.25) is 0 Å². The van der Waals surface area contributed by atoms with Gasteiger partial charge in [-0.25, -0.2) is 0 Å². The molecule has 30 heavy (non-hydrogen) atoms. The highest BCUT2D eigenvalue weighted by Gasteiger charge is 2.15. The molecule has 156 valence electrons. The van der Waals surface area contributed by atoms with Gasteiger partial charge in [-0.3, -0.25) is 9.59 Å². The first-order valence-electron chi connectivity index (χ1n) is 8.95. The summed E-state index contributed by atoms with van der Waals surface area (Å²) in [6.45, 7) is 0.200. The average Bonchev–Trinajstić information content (AvgIpc) is 3.10. The monoisotopic (exact) mass is 489 g/mol. The van der Waals surface area contributed by atoms with E-state index < -0.39 is 0 Å². The fourth-order valence-electron chi connectivity index (χ4n) is 2.60. The molecular formula is C20H20BrN5O3S. The van der Waals surface area contributed by atoms with E-state index in [4.69, 9.17) is 4.74 Å². The largest absolute Gasteiger partial charge is 0.496 e. The first-order valence-corrected chi connectivity index (χ1v) is 10.7. The summed E-state index contributed by atoms with van der Waals surface area (Å²) in [5, 5.41) is 14.4. The van der Waals surface area contributed by atoms with Crippen LogP contribution in [0.1, 0.15) is 16.2 Å². The molecular weight excluding hydrogens is 470 g/mol. The number of halogens is 1. The molecule has 3 aromatic rings. The summed E-state index contributed by atoms with van der Waals surface area (Å²) in [7, 11) is 3.31. The number of methoxy groups -OCH3 is 1. The first kappa shape index (κ1) is 21.8.